The van der Waals surface area contributed by atoms with E-state index in [1.54, 1.807) is 6.20 Å². The van der Waals surface area contributed by atoms with E-state index in [2.05, 4.69) is 26.2 Å². The lowest BCUT2D eigenvalue weighted by Crippen LogP contribution is -2.28. The quantitative estimate of drug-likeness (QED) is 0.724. The lowest BCUT2D eigenvalue weighted by molar-refractivity contribution is 0.0586. The van der Waals surface area contributed by atoms with E-state index < -0.39 is 5.60 Å². The number of aromatic nitrogens is 1. The van der Waals surface area contributed by atoms with Crippen LogP contribution in [-0.4, -0.2) is 23.2 Å². The molecule has 13 heavy (non-hydrogen) atoms. The van der Waals surface area contributed by atoms with Gasteiger partial charge in [-0.2, -0.15) is 0 Å². The minimum Gasteiger partial charge on any atom is -0.384 e. The van der Waals surface area contributed by atoms with Crippen LogP contribution in [0.2, 0.25) is 0 Å². The van der Waals surface area contributed by atoms with Crippen LogP contribution in [-0.2, 0) is 5.60 Å². The molecule has 0 aromatic carbocycles. The Bertz CT molecular complexity index is 310. The maximum absolute atomic E-state index is 10.2. The first-order valence-corrected chi connectivity index (χ1v) is 5.05. The van der Waals surface area contributed by atoms with Gasteiger partial charge in [-0.1, -0.05) is 0 Å². The van der Waals surface area contributed by atoms with Crippen LogP contribution in [0.5, 0.6) is 0 Å². The number of pyridine rings is 1. The van der Waals surface area contributed by atoms with Gasteiger partial charge in [-0.25, -0.2) is 4.98 Å². The molecule has 1 aliphatic heterocycles. The van der Waals surface area contributed by atoms with Gasteiger partial charge in [0.1, 0.15) is 10.2 Å². The lowest BCUT2D eigenvalue weighted by atomic mass is 9.94. The lowest BCUT2D eigenvalue weighted by Gasteiger charge is -2.21. The molecule has 70 valence electrons. The van der Waals surface area contributed by atoms with Crippen molar-refractivity contribution in [2.75, 3.05) is 13.1 Å². The smallest absolute Gasteiger partial charge is 0.106 e. The predicted octanol–water partition coefficient (Wildman–Crippen LogP) is 1.03. The summed E-state index contributed by atoms with van der Waals surface area (Å²) in [4.78, 5) is 4.03. The Morgan fingerprint density at radius 3 is 3.08 bits per heavy atom. The maximum atomic E-state index is 10.2. The minimum absolute atomic E-state index is 0.628. The fraction of sp³-hybridized carbons (Fsp3) is 0.444. The van der Waals surface area contributed by atoms with Crippen molar-refractivity contribution in [3.63, 3.8) is 0 Å². The van der Waals surface area contributed by atoms with Crippen molar-refractivity contribution in [1.82, 2.24) is 10.3 Å². The molecular formula is C9H11BrN2O. The molecule has 2 rings (SSSR count). The molecule has 1 fully saturated rings. The molecule has 0 aliphatic carbocycles. The SMILES string of the molecule is OC1(c2ccnc(Br)c2)CCNC1. The highest BCUT2D eigenvalue weighted by molar-refractivity contribution is 9.10. The summed E-state index contributed by atoms with van der Waals surface area (Å²) in [5.74, 6) is 0. The van der Waals surface area contributed by atoms with E-state index in [4.69, 9.17) is 0 Å². The van der Waals surface area contributed by atoms with Gasteiger partial charge in [0.25, 0.3) is 0 Å². The van der Waals surface area contributed by atoms with Crippen LogP contribution in [0.15, 0.2) is 22.9 Å². The Labute approximate surface area is 85.3 Å². The van der Waals surface area contributed by atoms with Crippen LogP contribution < -0.4 is 5.32 Å². The minimum atomic E-state index is -0.703. The van der Waals surface area contributed by atoms with Crippen molar-refractivity contribution in [3.05, 3.63) is 28.5 Å². The molecule has 1 aliphatic rings. The highest BCUT2D eigenvalue weighted by Gasteiger charge is 2.32. The monoisotopic (exact) mass is 242 g/mol. The fourth-order valence-corrected chi connectivity index (χ4v) is 1.98. The Morgan fingerprint density at radius 2 is 2.46 bits per heavy atom. The Hall–Kier alpha value is -0.450. The molecule has 2 N–H and O–H groups in total. The fourth-order valence-electron chi connectivity index (χ4n) is 1.62. The van der Waals surface area contributed by atoms with Crippen LogP contribution in [0.1, 0.15) is 12.0 Å². The third-order valence-electron chi connectivity index (χ3n) is 2.40. The van der Waals surface area contributed by atoms with Crippen molar-refractivity contribution in [2.24, 2.45) is 0 Å². The van der Waals surface area contributed by atoms with E-state index in [0.717, 1.165) is 23.1 Å². The highest BCUT2D eigenvalue weighted by Crippen LogP contribution is 2.28. The van der Waals surface area contributed by atoms with Crippen LogP contribution in [0, 0.1) is 0 Å². The second kappa shape index (κ2) is 3.36. The van der Waals surface area contributed by atoms with Crippen LogP contribution in [0.25, 0.3) is 0 Å². The number of hydrogen-bond acceptors (Lipinski definition) is 3. The van der Waals surface area contributed by atoms with E-state index in [9.17, 15) is 5.11 Å². The van der Waals surface area contributed by atoms with Gasteiger partial charge in [0.2, 0.25) is 0 Å². The van der Waals surface area contributed by atoms with Gasteiger partial charge in [0, 0.05) is 12.7 Å². The summed E-state index contributed by atoms with van der Waals surface area (Å²) in [6.07, 6.45) is 2.47. The molecule has 1 atom stereocenters. The normalized spacial score (nSPS) is 27.8. The van der Waals surface area contributed by atoms with Crippen molar-refractivity contribution >= 4 is 15.9 Å². The maximum Gasteiger partial charge on any atom is 0.106 e. The Balaban J connectivity index is 2.33. The van der Waals surface area contributed by atoms with Crippen molar-refractivity contribution in [1.29, 1.82) is 0 Å². The molecule has 0 spiro atoms. The van der Waals surface area contributed by atoms with Gasteiger partial charge >= 0.3 is 0 Å². The Morgan fingerprint density at radius 1 is 1.62 bits per heavy atom. The predicted molar refractivity (Wildman–Crippen MR) is 53.3 cm³/mol. The van der Waals surface area contributed by atoms with Gasteiger partial charge in [0.05, 0.1) is 0 Å². The number of aliphatic hydroxyl groups is 1. The summed E-state index contributed by atoms with van der Waals surface area (Å²) in [6.45, 7) is 1.50. The average molecular weight is 243 g/mol. The van der Waals surface area contributed by atoms with Crippen LogP contribution in [0.4, 0.5) is 0 Å². The summed E-state index contributed by atoms with van der Waals surface area (Å²) >= 11 is 3.29. The van der Waals surface area contributed by atoms with Crippen LogP contribution >= 0.6 is 15.9 Å². The molecule has 0 bridgehead atoms. The third-order valence-corrected chi connectivity index (χ3v) is 2.83. The number of halogens is 1. The summed E-state index contributed by atoms with van der Waals surface area (Å²) < 4.78 is 0.769. The van der Waals surface area contributed by atoms with Gasteiger partial charge in [-0.15, -0.1) is 0 Å². The first-order chi connectivity index (χ1) is 6.21. The first kappa shape index (κ1) is 9.12. The summed E-state index contributed by atoms with van der Waals surface area (Å²) in [5, 5.41) is 13.3. The highest BCUT2D eigenvalue weighted by atomic mass is 79.9. The number of β-amino-alcohol motifs (C(OH)–C–C–N with tert-alkyl or cyclic N) is 1. The standard InChI is InChI=1S/C9H11BrN2O/c10-8-5-7(1-3-12-8)9(13)2-4-11-6-9/h1,3,5,11,13H,2,4,6H2. The molecule has 1 unspecified atom stereocenters. The summed E-state index contributed by atoms with van der Waals surface area (Å²) in [6, 6.07) is 3.73. The molecule has 0 saturated carbocycles. The molecule has 0 radical (unpaired) electrons. The van der Waals surface area contributed by atoms with E-state index in [0.29, 0.717) is 6.54 Å². The number of hydrogen-bond donors (Lipinski definition) is 2. The van der Waals surface area contributed by atoms with Gasteiger partial charge in [-0.05, 0) is 46.6 Å². The van der Waals surface area contributed by atoms with E-state index in [-0.39, 0.29) is 0 Å². The molecule has 1 aromatic heterocycles. The zero-order valence-corrected chi connectivity index (χ0v) is 8.71. The van der Waals surface area contributed by atoms with Gasteiger partial charge in [-0.3, -0.25) is 0 Å². The number of nitrogens with zero attached hydrogens (tertiary/aromatic N) is 1. The summed E-state index contributed by atoms with van der Waals surface area (Å²) in [5.41, 5.74) is 0.227. The van der Waals surface area contributed by atoms with E-state index >= 15 is 0 Å². The average Bonchev–Trinajstić information content (AvgIpc) is 2.54. The molecular weight excluding hydrogens is 232 g/mol. The van der Waals surface area contributed by atoms with E-state index in [1.165, 1.54) is 0 Å². The zero-order valence-electron chi connectivity index (χ0n) is 7.13. The zero-order chi connectivity index (χ0) is 9.31. The summed E-state index contributed by atoms with van der Waals surface area (Å²) in [7, 11) is 0. The molecule has 2 heterocycles. The molecule has 4 heteroatoms. The van der Waals surface area contributed by atoms with Gasteiger partial charge in [0.15, 0.2) is 0 Å². The van der Waals surface area contributed by atoms with E-state index in [1.807, 2.05) is 12.1 Å². The first-order valence-electron chi connectivity index (χ1n) is 4.26. The molecule has 1 aromatic rings. The van der Waals surface area contributed by atoms with Gasteiger partial charge < -0.3 is 10.4 Å². The van der Waals surface area contributed by atoms with Crippen LogP contribution in [0.3, 0.4) is 0 Å². The topological polar surface area (TPSA) is 45.2 Å². The van der Waals surface area contributed by atoms with Crippen molar-refractivity contribution in [2.45, 2.75) is 12.0 Å². The second-order valence-electron chi connectivity index (χ2n) is 3.33. The molecule has 3 nitrogen and oxygen atoms in total. The third kappa shape index (κ3) is 1.75. The molecule has 0 amide bonds. The Kier molecular flexibility index (Phi) is 2.36. The van der Waals surface area contributed by atoms with Crippen molar-refractivity contribution in [3.8, 4) is 0 Å². The van der Waals surface area contributed by atoms with Crippen molar-refractivity contribution < 1.29 is 5.11 Å². The second-order valence-corrected chi connectivity index (χ2v) is 4.14. The number of nitrogens with one attached hydrogen (secondary N) is 1. The molecule has 1 saturated heterocycles. The number of rotatable bonds is 1. The largest absolute Gasteiger partial charge is 0.384 e.